The molecule has 1 heterocycles. The van der Waals surface area contributed by atoms with Gasteiger partial charge < -0.3 is 5.11 Å². The summed E-state index contributed by atoms with van der Waals surface area (Å²) in [6, 6.07) is 3.12. The zero-order chi connectivity index (χ0) is 12.3. The van der Waals surface area contributed by atoms with Gasteiger partial charge in [0.1, 0.15) is 0 Å². The molecule has 0 aliphatic heterocycles. The van der Waals surface area contributed by atoms with Gasteiger partial charge in [0, 0.05) is 13.2 Å². The predicted octanol–water partition coefficient (Wildman–Crippen LogP) is 0.321. The number of carboxylic acid groups (broad SMARTS) is 1. The van der Waals surface area contributed by atoms with Gasteiger partial charge in [-0.3, -0.25) is 14.1 Å². The van der Waals surface area contributed by atoms with Gasteiger partial charge in [0.05, 0.1) is 11.9 Å². The molecule has 1 unspecified atom stereocenters. The molecule has 1 aromatic rings. The number of pyridine rings is 1. The van der Waals surface area contributed by atoms with Gasteiger partial charge in [-0.25, -0.2) is 8.42 Å². The second kappa shape index (κ2) is 4.48. The molecule has 1 aromatic heterocycles. The van der Waals surface area contributed by atoms with Crippen molar-refractivity contribution in [3.05, 3.63) is 24.5 Å². The summed E-state index contributed by atoms with van der Waals surface area (Å²) in [7, 11) is -2.60. The van der Waals surface area contributed by atoms with Crippen molar-refractivity contribution in [3.8, 4) is 0 Å². The van der Waals surface area contributed by atoms with Crippen LogP contribution in [0.2, 0.25) is 0 Å². The summed E-state index contributed by atoms with van der Waals surface area (Å²) in [5, 5.41) is 7.20. The maximum atomic E-state index is 11.8. The molecular weight excluding hydrogens is 232 g/mol. The van der Waals surface area contributed by atoms with E-state index >= 15 is 0 Å². The van der Waals surface area contributed by atoms with Gasteiger partial charge in [-0.05, 0) is 19.1 Å². The molecule has 0 bridgehead atoms. The van der Waals surface area contributed by atoms with E-state index in [9.17, 15) is 13.2 Å². The monoisotopic (exact) mass is 244 g/mol. The first-order chi connectivity index (χ1) is 7.37. The lowest BCUT2D eigenvalue weighted by Crippen LogP contribution is -2.38. The Morgan fingerprint density at radius 3 is 2.62 bits per heavy atom. The number of anilines is 1. The van der Waals surface area contributed by atoms with E-state index in [-0.39, 0.29) is 0 Å². The third kappa shape index (κ3) is 2.30. The van der Waals surface area contributed by atoms with E-state index in [1.807, 2.05) is 0 Å². The second-order valence-corrected chi connectivity index (χ2v) is 5.49. The van der Waals surface area contributed by atoms with Gasteiger partial charge in [0.25, 0.3) is 0 Å². The average Bonchev–Trinajstić information content (AvgIpc) is 2.28. The molecule has 88 valence electrons. The standard InChI is InChI=1S/C9H12N2O4S/c1-7(9(12)13)16(14,15)11(2)8-4-3-5-10-6-8/h3-7H,1-2H3,(H,12,13). The highest BCUT2D eigenvalue weighted by Crippen LogP contribution is 2.17. The van der Waals surface area contributed by atoms with Crippen LogP contribution in [0.5, 0.6) is 0 Å². The SMILES string of the molecule is CC(C(=O)O)S(=O)(=O)N(C)c1cccnc1. The Bertz CT molecular complexity index is 472. The molecule has 0 spiro atoms. The Hall–Kier alpha value is -1.63. The molecule has 7 heteroatoms. The Balaban J connectivity index is 3.07. The smallest absolute Gasteiger partial charge is 0.323 e. The first-order valence-corrected chi connectivity index (χ1v) is 5.98. The maximum Gasteiger partial charge on any atom is 0.323 e. The Morgan fingerprint density at radius 1 is 1.56 bits per heavy atom. The van der Waals surface area contributed by atoms with E-state index in [2.05, 4.69) is 4.98 Å². The largest absolute Gasteiger partial charge is 0.480 e. The highest BCUT2D eigenvalue weighted by Gasteiger charge is 2.31. The summed E-state index contributed by atoms with van der Waals surface area (Å²) in [6.07, 6.45) is 2.86. The Kier molecular flexibility index (Phi) is 3.48. The van der Waals surface area contributed by atoms with Crippen LogP contribution >= 0.6 is 0 Å². The third-order valence-electron chi connectivity index (χ3n) is 2.19. The molecule has 0 saturated carbocycles. The van der Waals surface area contributed by atoms with Crippen LogP contribution in [0.15, 0.2) is 24.5 Å². The van der Waals surface area contributed by atoms with Gasteiger partial charge in [-0.15, -0.1) is 0 Å². The van der Waals surface area contributed by atoms with Crippen LogP contribution in [0.4, 0.5) is 5.69 Å². The molecule has 1 atom stereocenters. The molecule has 0 amide bonds. The number of aromatic nitrogens is 1. The summed E-state index contributed by atoms with van der Waals surface area (Å²) in [4.78, 5) is 14.4. The van der Waals surface area contributed by atoms with Gasteiger partial charge in [0.2, 0.25) is 10.0 Å². The molecule has 0 aliphatic rings. The van der Waals surface area contributed by atoms with Crippen molar-refractivity contribution in [3.63, 3.8) is 0 Å². The minimum atomic E-state index is -3.90. The number of carboxylic acids is 1. The summed E-state index contributed by atoms with van der Waals surface area (Å²) in [6.45, 7) is 1.13. The lowest BCUT2D eigenvalue weighted by molar-refractivity contribution is -0.136. The minimum Gasteiger partial charge on any atom is -0.480 e. The Labute approximate surface area is 93.6 Å². The molecule has 16 heavy (non-hydrogen) atoms. The summed E-state index contributed by atoms with van der Waals surface area (Å²) >= 11 is 0. The number of nitrogens with zero attached hydrogens (tertiary/aromatic N) is 2. The summed E-state index contributed by atoms with van der Waals surface area (Å²) in [5.74, 6) is -1.38. The highest BCUT2D eigenvalue weighted by atomic mass is 32.2. The van der Waals surface area contributed by atoms with Gasteiger partial charge in [-0.1, -0.05) is 0 Å². The fraction of sp³-hybridized carbons (Fsp3) is 0.333. The van der Waals surface area contributed by atoms with Crippen molar-refractivity contribution < 1.29 is 18.3 Å². The van der Waals surface area contributed by atoms with Crippen LogP contribution < -0.4 is 4.31 Å². The quantitative estimate of drug-likeness (QED) is 0.824. The normalized spacial score (nSPS) is 13.1. The molecule has 0 fully saturated rings. The number of carbonyl (C=O) groups is 1. The number of sulfonamides is 1. The number of rotatable bonds is 4. The van der Waals surface area contributed by atoms with E-state index in [1.54, 1.807) is 12.1 Å². The molecule has 0 aliphatic carbocycles. The van der Waals surface area contributed by atoms with Gasteiger partial charge >= 0.3 is 5.97 Å². The van der Waals surface area contributed by atoms with E-state index in [0.717, 1.165) is 11.2 Å². The zero-order valence-corrected chi connectivity index (χ0v) is 9.68. The zero-order valence-electron chi connectivity index (χ0n) is 8.86. The first kappa shape index (κ1) is 12.4. The number of aliphatic carboxylic acids is 1. The topological polar surface area (TPSA) is 87.6 Å². The second-order valence-electron chi connectivity index (χ2n) is 3.20. The van der Waals surface area contributed by atoms with Gasteiger partial charge in [-0.2, -0.15) is 0 Å². The van der Waals surface area contributed by atoms with Crippen molar-refractivity contribution >= 4 is 21.7 Å². The molecule has 0 aromatic carbocycles. The van der Waals surface area contributed by atoms with E-state index in [4.69, 9.17) is 5.11 Å². The van der Waals surface area contributed by atoms with Crippen molar-refractivity contribution in [1.29, 1.82) is 0 Å². The lowest BCUT2D eigenvalue weighted by atomic mass is 10.4. The fourth-order valence-electron chi connectivity index (χ4n) is 1.05. The lowest BCUT2D eigenvalue weighted by Gasteiger charge is -2.21. The van der Waals surface area contributed by atoms with Crippen LogP contribution in [0.1, 0.15) is 6.92 Å². The van der Waals surface area contributed by atoms with Crippen LogP contribution in [0.25, 0.3) is 0 Å². The van der Waals surface area contributed by atoms with Crippen molar-refractivity contribution in [2.45, 2.75) is 12.2 Å². The average molecular weight is 244 g/mol. The van der Waals surface area contributed by atoms with E-state index in [1.165, 1.54) is 19.4 Å². The van der Waals surface area contributed by atoms with Crippen molar-refractivity contribution in [2.75, 3.05) is 11.4 Å². The van der Waals surface area contributed by atoms with Crippen molar-refractivity contribution in [2.24, 2.45) is 0 Å². The molecule has 6 nitrogen and oxygen atoms in total. The molecule has 0 saturated heterocycles. The van der Waals surface area contributed by atoms with E-state index in [0.29, 0.717) is 5.69 Å². The molecule has 1 rings (SSSR count). The summed E-state index contributed by atoms with van der Waals surface area (Å²) in [5.41, 5.74) is 0.329. The molecular formula is C9H12N2O4S. The number of hydrogen-bond acceptors (Lipinski definition) is 4. The van der Waals surface area contributed by atoms with Crippen LogP contribution in [-0.4, -0.2) is 36.8 Å². The fourth-order valence-corrected chi connectivity index (χ4v) is 2.18. The van der Waals surface area contributed by atoms with Gasteiger partial charge in [0.15, 0.2) is 5.25 Å². The third-order valence-corrected chi connectivity index (χ3v) is 4.26. The molecule has 0 radical (unpaired) electrons. The van der Waals surface area contributed by atoms with Crippen LogP contribution in [0.3, 0.4) is 0 Å². The predicted molar refractivity (Wildman–Crippen MR) is 58.7 cm³/mol. The molecule has 1 N–H and O–H groups in total. The highest BCUT2D eigenvalue weighted by molar-refractivity contribution is 7.94. The van der Waals surface area contributed by atoms with E-state index < -0.39 is 21.2 Å². The number of hydrogen-bond donors (Lipinski definition) is 1. The van der Waals surface area contributed by atoms with Crippen LogP contribution in [-0.2, 0) is 14.8 Å². The van der Waals surface area contributed by atoms with Crippen molar-refractivity contribution in [1.82, 2.24) is 4.98 Å². The summed E-state index contributed by atoms with van der Waals surface area (Å²) < 4.78 is 24.5. The first-order valence-electron chi connectivity index (χ1n) is 4.48. The van der Waals surface area contributed by atoms with Crippen LogP contribution in [0, 0.1) is 0 Å². The Morgan fingerprint density at radius 2 is 2.19 bits per heavy atom. The minimum absolute atomic E-state index is 0.329. The maximum absolute atomic E-state index is 11.8.